The van der Waals surface area contributed by atoms with Crippen LogP contribution in [-0.2, 0) is 10.9 Å². The molecule has 1 rings (SSSR count). The molecule has 5 heteroatoms. The fourth-order valence-electron chi connectivity index (χ4n) is 1.28. The van der Waals surface area contributed by atoms with E-state index in [1.54, 1.807) is 0 Å². The molecule has 0 amide bonds. The molecule has 15 heavy (non-hydrogen) atoms. The molecular weight excluding hydrogens is 209 g/mol. The number of halogens is 3. The number of hydrogen-bond acceptors (Lipinski definition) is 2. The third-order valence-corrected chi connectivity index (χ3v) is 1.97. The van der Waals surface area contributed by atoms with Crippen molar-refractivity contribution in [1.29, 1.82) is 0 Å². The molecule has 0 heterocycles. The Balaban J connectivity index is 3.40. The quantitative estimate of drug-likeness (QED) is 0.677. The third kappa shape index (κ3) is 2.29. The van der Waals surface area contributed by atoms with Crippen molar-refractivity contribution in [2.45, 2.75) is 13.1 Å². The van der Waals surface area contributed by atoms with E-state index in [0.717, 1.165) is 13.2 Å². The first-order chi connectivity index (χ1) is 6.88. The number of rotatable bonds is 1. The Morgan fingerprint density at radius 3 is 2.40 bits per heavy atom. The fraction of sp³-hybridized carbons (Fsp3) is 0.300. The topological polar surface area (TPSA) is 26.3 Å². The van der Waals surface area contributed by atoms with Gasteiger partial charge in [-0.2, -0.15) is 13.2 Å². The van der Waals surface area contributed by atoms with Gasteiger partial charge < -0.3 is 4.74 Å². The van der Waals surface area contributed by atoms with Crippen molar-refractivity contribution in [3.05, 3.63) is 34.9 Å². The summed E-state index contributed by atoms with van der Waals surface area (Å²) in [6, 6.07) is 3.55. The van der Waals surface area contributed by atoms with Gasteiger partial charge in [0.15, 0.2) is 0 Å². The van der Waals surface area contributed by atoms with E-state index in [-0.39, 0.29) is 5.56 Å². The van der Waals surface area contributed by atoms with Crippen LogP contribution in [0.3, 0.4) is 0 Å². The van der Waals surface area contributed by atoms with Crippen molar-refractivity contribution < 1.29 is 22.7 Å². The molecule has 0 saturated carbocycles. The van der Waals surface area contributed by atoms with E-state index in [1.807, 2.05) is 0 Å². The Bertz CT molecular complexity index is 383. The second-order valence-electron chi connectivity index (χ2n) is 2.99. The molecule has 0 N–H and O–H groups in total. The molecule has 0 aliphatic carbocycles. The van der Waals surface area contributed by atoms with Gasteiger partial charge in [-0.05, 0) is 18.6 Å². The number of methoxy groups -OCH3 is 1. The third-order valence-electron chi connectivity index (χ3n) is 1.97. The van der Waals surface area contributed by atoms with Gasteiger partial charge in [0.2, 0.25) is 0 Å². The number of alkyl halides is 3. The number of ether oxygens (including phenoxy) is 1. The molecule has 0 aromatic heterocycles. The Labute approximate surface area is 84.7 Å². The Morgan fingerprint density at radius 1 is 1.33 bits per heavy atom. The maximum absolute atomic E-state index is 12.5. The van der Waals surface area contributed by atoms with E-state index < -0.39 is 23.3 Å². The average molecular weight is 218 g/mol. The Morgan fingerprint density at radius 2 is 1.93 bits per heavy atom. The summed E-state index contributed by atoms with van der Waals surface area (Å²) in [6.07, 6.45) is -4.55. The molecule has 1 aromatic carbocycles. The standard InChI is InChI=1S/C10H9F3O2/c1-6-4-3-5-7(10(11,12)13)8(6)9(14)15-2/h3-5H,1-2H3. The van der Waals surface area contributed by atoms with E-state index in [9.17, 15) is 18.0 Å². The number of aryl methyl sites for hydroxylation is 1. The normalized spacial score (nSPS) is 11.3. The second-order valence-corrected chi connectivity index (χ2v) is 2.99. The summed E-state index contributed by atoms with van der Waals surface area (Å²) in [5.74, 6) is -0.972. The van der Waals surface area contributed by atoms with Gasteiger partial charge in [-0.15, -0.1) is 0 Å². The van der Waals surface area contributed by atoms with Crippen LogP contribution in [-0.4, -0.2) is 13.1 Å². The van der Waals surface area contributed by atoms with Crippen LogP contribution in [0, 0.1) is 6.92 Å². The van der Waals surface area contributed by atoms with Gasteiger partial charge in [0.05, 0.1) is 18.2 Å². The lowest BCUT2D eigenvalue weighted by Gasteiger charge is -2.12. The van der Waals surface area contributed by atoms with Crippen molar-refractivity contribution in [3.63, 3.8) is 0 Å². The molecule has 0 fully saturated rings. The maximum Gasteiger partial charge on any atom is 0.417 e. The molecule has 0 unspecified atom stereocenters. The van der Waals surface area contributed by atoms with Gasteiger partial charge in [-0.25, -0.2) is 4.79 Å². The molecule has 82 valence electrons. The van der Waals surface area contributed by atoms with Gasteiger partial charge >= 0.3 is 12.1 Å². The molecule has 0 radical (unpaired) electrons. The molecule has 0 bridgehead atoms. The Hall–Kier alpha value is -1.52. The van der Waals surface area contributed by atoms with Crippen LogP contribution in [0.1, 0.15) is 21.5 Å². The van der Waals surface area contributed by atoms with Crippen molar-refractivity contribution in [1.82, 2.24) is 0 Å². The summed E-state index contributed by atoms with van der Waals surface area (Å²) >= 11 is 0. The van der Waals surface area contributed by atoms with E-state index >= 15 is 0 Å². The Kier molecular flexibility index (Phi) is 3.02. The highest BCUT2D eigenvalue weighted by Crippen LogP contribution is 2.33. The molecule has 0 aliphatic rings. The molecular formula is C10H9F3O2. The highest BCUT2D eigenvalue weighted by molar-refractivity contribution is 5.92. The van der Waals surface area contributed by atoms with E-state index in [4.69, 9.17) is 0 Å². The van der Waals surface area contributed by atoms with Gasteiger partial charge in [0, 0.05) is 0 Å². The zero-order chi connectivity index (χ0) is 11.6. The number of esters is 1. The van der Waals surface area contributed by atoms with E-state index in [1.165, 1.54) is 19.1 Å². The van der Waals surface area contributed by atoms with Crippen LogP contribution in [0.15, 0.2) is 18.2 Å². The number of carbonyl (C=O) groups is 1. The summed E-state index contributed by atoms with van der Waals surface area (Å²) in [4.78, 5) is 11.2. The van der Waals surface area contributed by atoms with E-state index in [0.29, 0.717) is 0 Å². The first kappa shape index (κ1) is 11.6. The summed E-state index contributed by atoms with van der Waals surface area (Å²) in [5, 5.41) is 0. The summed E-state index contributed by atoms with van der Waals surface area (Å²) < 4.78 is 41.9. The SMILES string of the molecule is COC(=O)c1c(C)cccc1C(F)(F)F. The van der Waals surface area contributed by atoms with Gasteiger partial charge in [0.25, 0.3) is 0 Å². The van der Waals surface area contributed by atoms with Crippen molar-refractivity contribution in [3.8, 4) is 0 Å². The minimum Gasteiger partial charge on any atom is -0.465 e. The number of carbonyl (C=O) groups excluding carboxylic acids is 1. The van der Waals surface area contributed by atoms with Crippen LogP contribution in [0.2, 0.25) is 0 Å². The average Bonchev–Trinajstić information content (AvgIpc) is 2.15. The molecule has 0 atom stereocenters. The summed E-state index contributed by atoms with van der Waals surface area (Å²) in [5.41, 5.74) is -1.14. The number of benzene rings is 1. The fourth-order valence-corrected chi connectivity index (χ4v) is 1.28. The first-order valence-corrected chi connectivity index (χ1v) is 4.13. The first-order valence-electron chi connectivity index (χ1n) is 4.13. The summed E-state index contributed by atoms with van der Waals surface area (Å²) in [6.45, 7) is 1.43. The highest BCUT2D eigenvalue weighted by Gasteiger charge is 2.36. The zero-order valence-electron chi connectivity index (χ0n) is 8.18. The van der Waals surface area contributed by atoms with E-state index in [2.05, 4.69) is 4.74 Å². The van der Waals surface area contributed by atoms with Crippen molar-refractivity contribution in [2.75, 3.05) is 7.11 Å². The van der Waals surface area contributed by atoms with Crippen LogP contribution in [0.25, 0.3) is 0 Å². The van der Waals surface area contributed by atoms with Crippen LogP contribution in [0.5, 0.6) is 0 Å². The monoisotopic (exact) mass is 218 g/mol. The zero-order valence-corrected chi connectivity index (χ0v) is 8.18. The molecule has 0 aliphatic heterocycles. The van der Waals surface area contributed by atoms with Crippen molar-refractivity contribution >= 4 is 5.97 Å². The van der Waals surface area contributed by atoms with Gasteiger partial charge in [-0.3, -0.25) is 0 Å². The van der Waals surface area contributed by atoms with Gasteiger partial charge in [-0.1, -0.05) is 12.1 Å². The largest absolute Gasteiger partial charge is 0.465 e. The van der Waals surface area contributed by atoms with Crippen LogP contribution >= 0.6 is 0 Å². The van der Waals surface area contributed by atoms with Crippen molar-refractivity contribution in [2.24, 2.45) is 0 Å². The van der Waals surface area contributed by atoms with Crippen LogP contribution in [0.4, 0.5) is 13.2 Å². The molecule has 0 saturated heterocycles. The summed E-state index contributed by atoms with van der Waals surface area (Å²) in [7, 11) is 1.05. The predicted molar refractivity (Wildman–Crippen MR) is 47.5 cm³/mol. The molecule has 1 aromatic rings. The molecule has 2 nitrogen and oxygen atoms in total. The second kappa shape index (κ2) is 3.92. The van der Waals surface area contributed by atoms with Gasteiger partial charge in [0.1, 0.15) is 0 Å². The number of hydrogen-bond donors (Lipinski definition) is 0. The molecule has 0 spiro atoms. The lowest BCUT2D eigenvalue weighted by Crippen LogP contribution is -2.15. The van der Waals surface area contributed by atoms with Crippen LogP contribution < -0.4 is 0 Å². The lowest BCUT2D eigenvalue weighted by atomic mass is 10.0. The minimum atomic E-state index is -4.55. The maximum atomic E-state index is 12.5. The smallest absolute Gasteiger partial charge is 0.417 e. The lowest BCUT2D eigenvalue weighted by molar-refractivity contribution is -0.138. The highest BCUT2D eigenvalue weighted by atomic mass is 19.4. The minimum absolute atomic E-state index is 0.247. The predicted octanol–water partition coefficient (Wildman–Crippen LogP) is 2.80.